The van der Waals surface area contributed by atoms with Crippen LogP contribution in [-0.2, 0) is 9.53 Å². The van der Waals surface area contributed by atoms with Gasteiger partial charge < -0.3 is 9.64 Å². The number of nitrogens with zero attached hydrogens (tertiary/aromatic N) is 2. The van der Waals surface area contributed by atoms with Crippen LogP contribution in [-0.4, -0.2) is 53.7 Å². The van der Waals surface area contributed by atoms with Crippen molar-refractivity contribution in [2.24, 2.45) is 0 Å². The summed E-state index contributed by atoms with van der Waals surface area (Å²) in [5.41, 5.74) is 1.54. The zero-order valence-electron chi connectivity index (χ0n) is 14.8. The average molecular weight is 356 g/mol. The van der Waals surface area contributed by atoms with Crippen molar-refractivity contribution in [2.45, 2.75) is 26.2 Å². The van der Waals surface area contributed by atoms with Crippen LogP contribution in [0, 0.1) is 0 Å². The molecule has 136 valence electrons. The summed E-state index contributed by atoms with van der Waals surface area (Å²) in [7, 11) is 1.39. The highest BCUT2D eigenvalue weighted by atomic mass is 16.5. The smallest absolute Gasteiger partial charge is 0.338 e. The van der Waals surface area contributed by atoms with E-state index < -0.39 is 17.8 Å². The minimum absolute atomic E-state index is 0.135. The molecule has 1 aliphatic carbocycles. The summed E-state index contributed by atoms with van der Waals surface area (Å²) >= 11 is 0. The van der Waals surface area contributed by atoms with Gasteiger partial charge in [-0.3, -0.25) is 19.3 Å². The average Bonchev–Trinajstić information content (AvgIpc) is 3.24. The van der Waals surface area contributed by atoms with Gasteiger partial charge in [0.15, 0.2) is 6.61 Å². The van der Waals surface area contributed by atoms with Crippen molar-refractivity contribution in [3.05, 3.63) is 46.7 Å². The summed E-state index contributed by atoms with van der Waals surface area (Å²) in [6.07, 6.45) is 4.86. The molecule has 0 saturated carbocycles. The normalized spacial score (nSPS) is 15.8. The van der Waals surface area contributed by atoms with E-state index in [2.05, 4.69) is 0 Å². The number of fused-ring (bicyclic) bond motifs is 1. The molecule has 1 aromatic carbocycles. The molecule has 0 saturated heterocycles. The second-order valence-corrected chi connectivity index (χ2v) is 6.23. The van der Waals surface area contributed by atoms with E-state index in [9.17, 15) is 19.2 Å². The number of esters is 1. The van der Waals surface area contributed by atoms with Crippen molar-refractivity contribution in [1.82, 2.24) is 9.80 Å². The number of hydrogen-bond donors (Lipinski definition) is 0. The molecule has 0 atom stereocenters. The first-order valence-corrected chi connectivity index (χ1v) is 8.57. The molecule has 3 amide bonds. The summed E-state index contributed by atoms with van der Waals surface area (Å²) in [5.74, 6) is -1.84. The van der Waals surface area contributed by atoms with Crippen LogP contribution in [0.2, 0.25) is 0 Å². The Labute approximate surface area is 151 Å². The van der Waals surface area contributed by atoms with Gasteiger partial charge in [0.2, 0.25) is 0 Å². The maximum atomic E-state index is 12.3. The highest BCUT2D eigenvalue weighted by Gasteiger charge is 2.33. The lowest BCUT2D eigenvalue weighted by atomic mass is 10.1. The van der Waals surface area contributed by atoms with Crippen LogP contribution in [0.5, 0.6) is 0 Å². The van der Waals surface area contributed by atoms with Crippen molar-refractivity contribution in [1.29, 1.82) is 0 Å². The highest BCUT2D eigenvalue weighted by molar-refractivity contribution is 6.21. The maximum absolute atomic E-state index is 12.3. The van der Waals surface area contributed by atoms with E-state index in [1.54, 1.807) is 4.90 Å². The SMILES string of the molecule is CCN(C(=O)COC(=O)c1ccc2c(c1)C(=O)N(C)C2=O)C1=CCCC1. The largest absolute Gasteiger partial charge is 0.452 e. The molecule has 7 heteroatoms. The summed E-state index contributed by atoms with van der Waals surface area (Å²) in [6.45, 7) is 2.02. The summed E-state index contributed by atoms with van der Waals surface area (Å²) in [4.78, 5) is 51.1. The number of hydrogen-bond acceptors (Lipinski definition) is 5. The fraction of sp³-hybridized carbons (Fsp3) is 0.368. The fourth-order valence-corrected chi connectivity index (χ4v) is 3.22. The van der Waals surface area contributed by atoms with Crippen LogP contribution < -0.4 is 0 Å². The van der Waals surface area contributed by atoms with Gasteiger partial charge in [0.05, 0.1) is 16.7 Å². The summed E-state index contributed by atoms with van der Waals surface area (Å²) in [6, 6.07) is 4.19. The number of amides is 3. The Hall–Kier alpha value is -2.96. The Morgan fingerprint density at radius 2 is 1.92 bits per heavy atom. The van der Waals surface area contributed by atoms with E-state index in [0.29, 0.717) is 6.54 Å². The van der Waals surface area contributed by atoms with Crippen molar-refractivity contribution < 1.29 is 23.9 Å². The van der Waals surface area contributed by atoms with Gasteiger partial charge in [0, 0.05) is 19.3 Å². The lowest BCUT2D eigenvalue weighted by molar-refractivity contribution is -0.132. The molecule has 0 unspecified atom stereocenters. The lowest BCUT2D eigenvalue weighted by Crippen LogP contribution is -2.33. The Morgan fingerprint density at radius 1 is 1.19 bits per heavy atom. The maximum Gasteiger partial charge on any atom is 0.338 e. The number of ether oxygens (including phenoxy) is 1. The van der Waals surface area contributed by atoms with Gasteiger partial charge in [-0.15, -0.1) is 0 Å². The monoisotopic (exact) mass is 356 g/mol. The van der Waals surface area contributed by atoms with Crippen LogP contribution in [0.4, 0.5) is 0 Å². The minimum Gasteiger partial charge on any atom is -0.452 e. The molecule has 3 rings (SSSR count). The lowest BCUT2D eigenvalue weighted by Gasteiger charge is -2.22. The fourth-order valence-electron chi connectivity index (χ4n) is 3.22. The molecule has 0 bridgehead atoms. The molecule has 2 aliphatic rings. The van der Waals surface area contributed by atoms with Gasteiger partial charge in [-0.2, -0.15) is 0 Å². The third kappa shape index (κ3) is 3.12. The predicted molar refractivity (Wildman–Crippen MR) is 92.5 cm³/mol. The van der Waals surface area contributed by atoms with Crippen molar-refractivity contribution in [3.8, 4) is 0 Å². The van der Waals surface area contributed by atoms with Gasteiger partial charge >= 0.3 is 5.97 Å². The van der Waals surface area contributed by atoms with Crippen LogP contribution in [0.25, 0.3) is 0 Å². The van der Waals surface area contributed by atoms with Crippen molar-refractivity contribution >= 4 is 23.7 Å². The van der Waals surface area contributed by atoms with E-state index in [0.717, 1.165) is 29.9 Å². The Bertz CT molecular complexity index is 827. The van der Waals surface area contributed by atoms with E-state index in [1.165, 1.54) is 25.2 Å². The van der Waals surface area contributed by atoms with Crippen LogP contribution in [0.15, 0.2) is 30.0 Å². The number of carbonyl (C=O) groups is 4. The van der Waals surface area contributed by atoms with Gasteiger partial charge in [0.25, 0.3) is 17.7 Å². The number of carbonyl (C=O) groups excluding carboxylic acids is 4. The molecule has 0 fully saturated rings. The van der Waals surface area contributed by atoms with Gasteiger partial charge in [0.1, 0.15) is 0 Å². The quantitative estimate of drug-likeness (QED) is 0.595. The second-order valence-electron chi connectivity index (χ2n) is 6.23. The molecular weight excluding hydrogens is 336 g/mol. The first-order valence-electron chi connectivity index (χ1n) is 8.57. The number of benzene rings is 1. The number of likely N-dealkylation sites (N-methyl/N-ethyl adjacent to an activating group) is 1. The van der Waals surface area contributed by atoms with Crippen LogP contribution in [0.1, 0.15) is 57.3 Å². The molecule has 0 spiro atoms. The van der Waals surface area contributed by atoms with Gasteiger partial charge in [-0.05, 0) is 44.4 Å². The van der Waals surface area contributed by atoms with E-state index in [-0.39, 0.29) is 29.2 Å². The number of imide groups is 1. The van der Waals surface area contributed by atoms with Crippen LogP contribution in [0.3, 0.4) is 0 Å². The zero-order valence-corrected chi connectivity index (χ0v) is 14.8. The van der Waals surface area contributed by atoms with E-state index >= 15 is 0 Å². The minimum atomic E-state index is -0.701. The number of allylic oxidation sites excluding steroid dienone is 2. The van der Waals surface area contributed by atoms with Crippen molar-refractivity contribution in [2.75, 3.05) is 20.2 Å². The van der Waals surface area contributed by atoms with Crippen molar-refractivity contribution in [3.63, 3.8) is 0 Å². The molecule has 0 aromatic heterocycles. The topological polar surface area (TPSA) is 84.0 Å². The molecule has 1 heterocycles. The molecular formula is C19H20N2O5. The number of rotatable bonds is 5. The van der Waals surface area contributed by atoms with E-state index in [4.69, 9.17) is 4.74 Å². The molecule has 7 nitrogen and oxygen atoms in total. The van der Waals surface area contributed by atoms with Gasteiger partial charge in [-0.25, -0.2) is 4.79 Å². The van der Waals surface area contributed by atoms with Gasteiger partial charge in [-0.1, -0.05) is 6.08 Å². The zero-order chi connectivity index (χ0) is 18.8. The third-order valence-electron chi connectivity index (χ3n) is 4.63. The molecule has 1 aliphatic heterocycles. The molecule has 0 N–H and O–H groups in total. The summed E-state index contributed by atoms with van der Waals surface area (Å²) < 4.78 is 5.11. The first-order chi connectivity index (χ1) is 12.4. The highest BCUT2D eigenvalue weighted by Crippen LogP contribution is 2.23. The standard InChI is InChI=1S/C19H20N2O5/c1-3-21(13-6-4-5-7-13)16(22)11-26-19(25)12-8-9-14-15(10-12)18(24)20(2)17(14)23/h6,8-10H,3-5,7,11H2,1-2H3. The molecule has 1 aromatic rings. The second kappa shape index (κ2) is 7.11. The Morgan fingerprint density at radius 3 is 2.58 bits per heavy atom. The van der Waals surface area contributed by atoms with Crippen LogP contribution >= 0.6 is 0 Å². The first kappa shape index (κ1) is 17.8. The third-order valence-corrected chi connectivity index (χ3v) is 4.63. The summed E-state index contributed by atoms with van der Waals surface area (Å²) in [5, 5.41) is 0. The predicted octanol–water partition coefficient (Wildman–Crippen LogP) is 1.99. The Balaban J connectivity index is 1.67. The molecule has 0 radical (unpaired) electrons. The Kier molecular flexibility index (Phi) is 4.88. The van der Waals surface area contributed by atoms with E-state index in [1.807, 2.05) is 13.0 Å². The molecule has 26 heavy (non-hydrogen) atoms.